The van der Waals surface area contributed by atoms with E-state index < -0.39 is 0 Å². The van der Waals surface area contributed by atoms with E-state index in [0.717, 1.165) is 5.92 Å². The molecule has 1 aliphatic carbocycles. The van der Waals surface area contributed by atoms with Crippen molar-refractivity contribution in [3.63, 3.8) is 0 Å². The van der Waals surface area contributed by atoms with Crippen LogP contribution in [-0.2, 0) is 6.42 Å². The smallest absolute Gasteiger partial charge is 0.0325 e. The van der Waals surface area contributed by atoms with E-state index in [-0.39, 0.29) is 0 Å². The summed E-state index contributed by atoms with van der Waals surface area (Å²) in [5.74, 6) is 0.803. The molecule has 0 aliphatic heterocycles. The van der Waals surface area contributed by atoms with Gasteiger partial charge in [0, 0.05) is 10.5 Å². The van der Waals surface area contributed by atoms with Crippen molar-refractivity contribution in [1.29, 1.82) is 0 Å². The lowest BCUT2D eigenvalue weighted by molar-refractivity contribution is 0.427. The molecule has 1 aromatic carbocycles. The first-order valence-electron chi connectivity index (χ1n) is 6.50. The van der Waals surface area contributed by atoms with Gasteiger partial charge < -0.3 is 5.32 Å². The van der Waals surface area contributed by atoms with E-state index >= 15 is 0 Å². The zero-order chi connectivity index (χ0) is 12.6. The number of nitrogens with one attached hydrogen (secondary N) is 1. The van der Waals surface area contributed by atoms with Crippen molar-refractivity contribution in [2.45, 2.75) is 46.1 Å². The summed E-state index contributed by atoms with van der Waals surface area (Å²) in [7, 11) is 2.09. The molecule has 1 N–H and O–H groups in total. The average molecular weight is 296 g/mol. The third-order valence-corrected chi connectivity index (χ3v) is 4.95. The van der Waals surface area contributed by atoms with Gasteiger partial charge in [-0.1, -0.05) is 22.9 Å². The fourth-order valence-electron chi connectivity index (χ4n) is 3.05. The van der Waals surface area contributed by atoms with Gasteiger partial charge in [-0.05, 0) is 74.4 Å². The second kappa shape index (κ2) is 5.11. The topological polar surface area (TPSA) is 12.0 Å². The molecule has 0 radical (unpaired) electrons. The largest absolute Gasteiger partial charge is 0.313 e. The summed E-state index contributed by atoms with van der Waals surface area (Å²) < 4.78 is 1.25. The third kappa shape index (κ3) is 2.43. The number of halogens is 1. The Morgan fingerprint density at radius 1 is 1.35 bits per heavy atom. The van der Waals surface area contributed by atoms with Crippen molar-refractivity contribution in [3.8, 4) is 0 Å². The molecule has 2 unspecified atom stereocenters. The van der Waals surface area contributed by atoms with Crippen molar-refractivity contribution >= 4 is 15.9 Å². The van der Waals surface area contributed by atoms with Gasteiger partial charge >= 0.3 is 0 Å². The van der Waals surface area contributed by atoms with Crippen molar-refractivity contribution in [3.05, 3.63) is 32.8 Å². The number of fused-ring (bicyclic) bond motifs is 1. The second-order valence-corrected chi connectivity index (χ2v) is 6.27. The van der Waals surface area contributed by atoms with Crippen LogP contribution in [0.1, 0.15) is 48.1 Å². The number of benzene rings is 1. The molecule has 0 heterocycles. The molecule has 0 bridgehead atoms. The van der Waals surface area contributed by atoms with Crippen LogP contribution in [0, 0.1) is 19.8 Å². The molecule has 0 amide bonds. The van der Waals surface area contributed by atoms with Gasteiger partial charge in [-0.15, -0.1) is 0 Å². The van der Waals surface area contributed by atoms with Crippen molar-refractivity contribution in [2.24, 2.45) is 5.92 Å². The minimum atomic E-state index is 0.513. The Labute approximate surface area is 113 Å². The molecule has 94 valence electrons. The minimum Gasteiger partial charge on any atom is -0.313 e. The first-order chi connectivity index (χ1) is 8.04. The van der Waals surface area contributed by atoms with E-state index in [2.05, 4.69) is 55.1 Å². The Bertz CT molecular complexity index is 425. The highest BCUT2D eigenvalue weighted by atomic mass is 79.9. The molecular weight excluding hydrogens is 274 g/mol. The highest BCUT2D eigenvalue weighted by molar-refractivity contribution is 9.10. The summed E-state index contributed by atoms with van der Waals surface area (Å²) in [6.07, 6.45) is 3.79. The summed E-state index contributed by atoms with van der Waals surface area (Å²) in [6.45, 7) is 6.85. The van der Waals surface area contributed by atoms with Crippen molar-refractivity contribution < 1.29 is 0 Å². The van der Waals surface area contributed by atoms with Crippen molar-refractivity contribution in [1.82, 2.24) is 5.32 Å². The lowest BCUT2D eigenvalue weighted by atomic mass is 9.91. The zero-order valence-electron chi connectivity index (χ0n) is 11.2. The van der Waals surface area contributed by atoms with Gasteiger partial charge in [-0.2, -0.15) is 0 Å². The normalized spacial score (nSPS) is 24.3. The van der Waals surface area contributed by atoms with E-state index in [1.807, 2.05) is 0 Å². The first-order valence-corrected chi connectivity index (χ1v) is 7.29. The van der Waals surface area contributed by atoms with Gasteiger partial charge in [-0.3, -0.25) is 0 Å². The van der Waals surface area contributed by atoms with E-state index in [0.29, 0.717) is 6.04 Å². The van der Waals surface area contributed by atoms with Gasteiger partial charge in [-0.25, -0.2) is 0 Å². The van der Waals surface area contributed by atoms with Crippen LogP contribution in [-0.4, -0.2) is 7.05 Å². The molecule has 0 saturated heterocycles. The lowest BCUT2D eigenvalue weighted by Gasteiger charge is -2.23. The summed E-state index contributed by atoms with van der Waals surface area (Å²) in [6, 6.07) is 2.79. The van der Waals surface area contributed by atoms with Gasteiger partial charge in [0.1, 0.15) is 0 Å². The maximum Gasteiger partial charge on any atom is 0.0325 e. The fourth-order valence-corrected chi connectivity index (χ4v) is 3.60. The predicted molar refractivity (Wildman–Crippen MR) is 77.5 cm³/mol. The maximum atomic E-state index is 3.69. The average Bonchev–Trinajstić information content (AvgIpc) is 2.45. The molecule has 0 saturated carbocycles. The molecule has 17 heavy (non-hydrogen) atoms. The molecule has 0 aromatic heterocycles. The number of rotatable bonds is 1. The van der Waals surface area contributed by atoms with Crippen LogP contribution >= 0.6 is 15.9 Å². The summed E-state index contributed by atoms with van der Waals surface area (Å²) >= 11 is 3.69. The Balaban J connectivity index is 2.59. The van der Waals surface area contributed by atoms with Crippen LogP contribution in [0.15, 0.2) is 10.5 Å². The quantitative estimate of drug-likeness (QED) is 0.762. The molecule has 2 rings (SSSR count). The molecule has 2 atom stereocenters. The fraction of sp³-hybridized carbons (Fsp3) is 0.600. The van der Waals surface area contributed by atoms with Crippen LogP contribution in [0.3, 0.4) is 0 Å². The Morgan fingerprint density at radius 3 is 2.71 bits per heavy atom. The van der Waals surface area contributed by atoms with Crippen LogP contribution in [0.25, 0.3) is 0 Å². The standard InChI is InChI=1S/C15H22BrN/c1-9-5-6-12-10(2)8-13(16)11(3)15(12)14(7-9)17-4/h8-9,14,17H,5-7H2,1-4H3. The summed E-state index contributed by atoms with van der Waals surface area (Å²) in [5, 5.41) is 3.50. The molecular formula is C15H22BrN. The SMILES string of the molecule is CNC1CC(C)CCc2c(C)cc(Br)c(C)c21. The Morgan fingerprint density at radius 2 is 2.06 bits per heavy atom. The maximum absolute atomic E-state index is 3.69. The molecule has 1 nitrogen and oxygen atoms in total. The van der Waals surface area contributed by atoms with Gasteiger partial charge in [0.25, 0.3) is 0 Å². The number of hydrogen-bond acceptors (Lipinski definition) is 1. The molecule has 1 aromatic rings. The monoisotopic (exact) mass is 295 g/mol. The van der Waals surface area contributed by atoms with Gasteiger partial charge in [0.2, 0.25) is 0 Å². The van der Waals surface area contributed by atoms with E-state index in [9.17, 15) is 0 Å². The highest BCUT2D eigenvalue weighted by Crippen LogP contribution is 2.38. The number of hydrogen-bond donors (Lipinski definition) is 1. The van der Waals surface area contributed by atoms with Gasteiger partial charge in [0.15, 0.2) is 0 Å². The van der Waals surface area contributed by atoms with Crippen molar-refractivity contribution in [2.75, 3.05) is 7.05 Å². The van der Waals surface area contributed by atoms with E-state index in [1.54, 1.807) is 11.1 Å². The van der Waals surface area contributed by atoms with E-state index in [4.69, 9.17) is 0 Å². The molecule has 1 aliphatic rings. The molecule has 0 fully saturated rings. The highest BCUT2D eigenvalue weighted by Gasteiger charge is 2.24. The van der Waals surface area contributed by atoms with Crippen LogP contribution in [0.5, 0.6) is 0 Å². The zero-order valence-corrected chi connectivity index (χ0v) is 12.8. The predicted octanol–water partition coefficient (Wildman–Crippen LogP) is 4.30. The van der Waals surface area contributed by atoms with Crippen LogP contribution < -0.4 is 5.32 Å². The minimum absolute atomic E-state index is 0.513. The Hall–Kier alpha value is -0.340. The number of aryl methyl sites for hydroxylation is 1. The Kier molecular flexibility index (Phi) is 3.94. The lowest BCUT2D eigenvalue weighted by Crippen LogP contribution is -2.20. The molecule has 0 spiro atoms. The summed E-state index contributed by atoms with van der Waals surface area (Å²) in [4.78, 5) is 0. The van der Waals surface area contributed by atoms with Crippen LogP contribution in [0.2, 0.25) is 0 Å². The van der Waals surface area contributed by atoms with Gasteiger partial charge in [0.05, 0.1) is 0 Å². The van der Waals surface area contributed by atoms with Crippen LogP contribution in [0.4, 0.5) is 0 Å². The van der Waals surface area contributed by atoms with E-state index in [1.165, 1.54) is 34.9 Å². The summed E-state index contributed by atoms with van der Waals surface area (Å²) in [5.41, 5.74) is 5.98. The first kappa shape index (κ1) is 13.1. The third-order valence-electron chi connectivity index (χ3n) is 4.13. The second-order valence-electron chi connectivity index (χ2n) is 5.41. The molecule has 2 heteroatoms.